The van der Waals surface area contributed by atoms with Gasteiger partial charge in [0.05, 0.1) is 21.7 Å². The Kier molecular flexibility index (Phi) is 10.2. The summed E-state index contributed by atoms with van der Waals surface area (Å²) < 4.78 is 33.9. The van der Waals surface area contributed by atoms with E-state index in [1.807, 2.05) is 0 Å². The molecule has 0 bridgehead atoms. The van der Waals surface area contributed by atoms with Crippen LogP contribution in [0.25, 0.3) is 0 Å². The lowest BCUT2D eigenvalue weighted by atomic mass is 9.76. The molecule has 2 aromatic carbocycles. The molecule has 0 aliphatic heterocycles. The van der Waals surface area contributed by atoms with Crippen LogP contribution < -0.4 is 9.46 Å². The third kappa shape index (κ3) is 7.27. The first-order valence-electron chi connectivity index (χ1n) is 11.7. The van der Waals surface area contributed by atoms with Crippen molar-refractivity contribution in [3.8, 4) is 5.75 Å². The predicted octanol–water partition coefficient (Wildman–Crippen LogP) is 8.16. The summed E-state index contributed by atoms with van der Waals surface area (Å²) in [6.07, 6.45) is 3.37. The maximum atomic E-state index is 12.6. The molecule has 0 aromatic heterocycles. The van der Waals surface area contributed by atoms with Gasteiger partial charge in [-0.1, -0.05) is 88.5 Å². The average molecular weight is 549 g/mol. The summed E-state index contributed by atoms with van der Waals surface area (Å²) in [6.45, 7) is 14.2. The van der Waals surface area contributed by atoms with Crippen LogP contribution in [0.15, 0.2) is 35.2 Å². The number of hydrogen-bond acceptors (Lipinski definition) is 3. The van der Waals surface area contributed by atoms with E-state index in [2.05, 4.69) is 64.5 Å². The van der Waals surface area contributed by atoms with Crippen LogP contribution in [0.4, 0.5) is 0 Å². The van der Waals surface area contributed by atoms with Crippen LogP contribution in [-0.2, 0) is 20.9 Å². The molecule has 4 nitrogen and oxygen atoms in total. The van der Waals surface area contributed by atoms with Gasteiger partial charge in [0, 0.05) is 12.1 Å². The zero-order chi connectivity index (χ0) is 25.7. The van der Waals surface area contributed by atoms with Gasteiger partial charge in [-0.25, -0.2) is 13.1 Å². The van der Waals surface area contributed by atoms with Crippen LogP contribution in [0.1, 0.15) is 78.4 Å². The fourth-order valence-corrected chi connectivity index (χ4v) is 5.48. The third-order valence-corrected chi connectivity index (χ3v) is 9.29. The van der Waals surface area contributed by atoms with Crippen LogP contribution in [0.3, 0.4) is 0 Å². The number of sulfonamides is 1. The number of hydrogen-bond donors (Lipinski definition) is 1. The van der Waals surface area contributed by atoms with Crippen LogP contribution in [0.2, 0.25) is 15.1 Å². The highest BCUT2D eigenvalue weighted by atomic mass is 35.5. The van der Waals surface area contributed by atoms with Gasteiger partial charge in [0.1, 0.15) is 10.6 Å². The molecule has 0 radical (unpaired) electrons. The second-order valence-electron chi connectivity index (χ2n) is 9.84. The first kappa shape index (κ1) is 29.3. The highest BCUT2D eigenvalue weighted by Crippen LogP contribution is 2.38. The van der Waals surface area contributed by atoms with Gasteiger partial charge in [-0.3, -0.25) is 0 Å². The lowest BCUT2D eigenvalue weighted by molar-refractivity contribution is 0.296. The van der Waals surface area contributed by atoms with Crippen molar-refractivity contribution < 1.29 is 13.2 Å². The normalized spacial score (nSPS) is 12.7. The number of unbranched alkanes of at least 4 members (excludes halogenated alkanes) is 1. The Balaban J connectivity index is 1.99. The van der Waals surface area contributed by atoms with Gasteiger partial charge >= 0.3 is 0 Å². The van der Waals surface area contributed by atoms with Crippen LogP contribution in [0.5, 0.6) is 5.75 Å². The van der Waals surface area contributed by atoms with E-state index in [1.54, 1.807) is 0 Å². The largest absolute Gasteiger partial charge is 0.493 e. The molecule has 0 aliphatic carbocycles. The molecule has 190 valence electrons. The lowest BCUT2D eigenvalue weighted by Crippen LogP contribution is -2.25. The highest BCUT2D eigenvalue weighted by Gasteiger charge is 2.26. The van der Waals surface area contributed by atoms with E-state index >= 15 is 0 Å². The van der Waals surface area contributed by atoms with Crippen LogP contribution >= 0.6 is 34.8 Å². The molecule has 0 unspecified atom stereocenters. The van der Waals surface area contributed by atoms with E-state index in [4.69, 9.17) is 39.5 Å². The summed E-state index contributed by atoms with van der Waals surface area (Å²) in [4.78, 5) is -0.0821. The molecule has 1 N–H and O–H groups in total. The van der Waals surface area contributed by atoms with Gasteiger partial charge in [0.2, 0.25) is 10.0 Å². The zero-order valence-electron chi connectivity index (χ0n) is 20.9. The standard InChI is InChI=1S/C26H36Cl3NO3S/c1-7-25(3,4)18-11-12-23(19(15-18)26(5,6)8-2)33-14-10-9-13-30-34(31,32)24-17-21(28)20(27)16-22(24)29/h11-12,15-17,30H,7-10,13-14H2,1-6H3. The number of nitrogens with one attached hydrogen (secondary N) is 1. The van der Waals surface area contributed by atoms with Crippen molar-refractivity contribution in [2.24, 2.45) is 0 Å². The van der Waals surface area contributed by atoms with Crippen molar-refractivity contribution in [3.05, 3.63) is 56.5 Å². The minimum atomic E-state index is -3.79. The number of halogens is 3. The van der Waals surface area contributed by atoms with Gasteiger partial charge in [-0.15, -0.1) is 0 Å². The number of rotatable bonds is 12. The Bertz CT molecular complexity index is 1100. The Labute approximate surface area is 220 Å². The second kappa shape index (κ2) is 11.8. The number of ether oxygens (including phenoxy) is 1. The molecular weight excluding hydrogens is 513 g/mol. The number of benzene rings is 2. The van der Waals surface area contributed by atoms with Crippen molar-refractivity contribution in [1.82, 2.24) is 4.72 Å². The lowest BCUT2D eigenvalue weighted by Gasteiger charge is -2.30. The summed E-state index contributed by atoms with van der Waals surface area (Å²) in [6, 6.07) is 9.11. The second-order valence-corrected chi connectivity index (χ2v) is 12.8. The van der Waals surface area contributed by atoms with E-state index in [0.717, 1.165) is 18.6 Å². The smallest absolute Gasteiger partial charge is 0.242 e. The fourth-order valence-electron chi connectivity index (χ4n) is 3.40. The van der Waals surface area contributed by atoms with Crippen molar-refractivity contribution in [2.45, 2.75) is 83.0 Å². The molecule has 0 fully saturated rings. The summed E-state index contributed by atoms with van der Waals surface area (Å²) in [5, 5.41) is 0.379. The minimum absolute atomic E-state index is 0.01000. The molecule has 34 heavy (non-hydrogen) atoms. The van der Waals surface area contributed by atoms with Gasteiger partial charge < -0.3 is 4.74 Å². The maximum Gasteiger partial charge on any atom is 0.242 e. The van der Waals surface area contributed by atoms with Crippen molar-refractivity contribution in [2.75, 3.05) is 13.2 Å². The average Bonchev–Trinajstić information content (AvgIpc) is 2.78. The first-order chi connectivity index (χ1) is 15.7. The Morgan fingerprint density at radius 1 is 0.853 bits per heavy atom. The third-order valence-electron chi connectivity index (χ3n) is 6.64. The fraction of sp³-hybridized carbons (Fsp3) is 0.538. The topological polar surface area (TPSA) is 55.4 Å². The summed E-state index contributed by atoms with van der Waals surface area (Å²) in [5.74, 6) is 0.894. The SMILES string of the molecule is CCC(C)(C)c1ccc(OCCCCNS(=O)(=O)c2cc(Cl)c(Cl)cc2Cl)c(C(C)(C)CC)c1. The first-order valence-corrected chi connectivity index (χ1v) is 14.3. The molecule has 0 spiro atoms. The molecule has 0 amide bonds. The predicted molar refractivity (Wildman–Crippen MR) is 144 cm³/mol. The molecule has 0 atom stereocenters. The molecule has 0 heterocycles. The summed E-state index contributed by atoms with van der Waals surface area (Å²) in [7, 11) is -3.79. The monoisotopic (exact) mass is 547 g/mol. The molecule has 2 rings (SSSR count). The summed E-state index contributed by atoms with van der Waals surface area (Å²) >= 11 is 17.9. The van der Waals surface area contributed by atoms with Crippen molar-refractivity contribution in [3.63, 3.8) is 0 Å². The Hall–Kier alpha value is -0.980. The van der Waals surface area contributed by atoms with E-state index < -0.39 is 10.0 Å². The van der Waals surface area contributed by atoms with Crippen LogP contribution in [0, 0.1) is 0 Å². The van der Waals surface area contributed by atoms with Crippen molar-refractivity contribution in [1.29, 1.82) is 0 Å². The zero-order valence-corrected chi connectivity index (χ0v) is 24.0. The maximum absolute atomic E-state index is 12.6. The van der Waals surface area contributed by atoms with Gasteiger partial charge in [-0.05, 0) is 60.3 Å². The minimum Gasteiger partial charge on any atom is -0.493 e. The molecule has 2 aromatic rings. The Morgan fingerprint density at radius 3 is 2.09 bits per heavy atom. The van der Waals surface area contributed by atoms with Gasteiger partial charge in [0.15, 0.2) is 0 Å². The van der Waals surface area contributed by atoms with Crippen LogP contribution in [-0.4, -0.2) is 21.6 Å². The molecule has 8 heteroatoms. The Morgan fingerprint density at radius 2 is 1.47 bits per heavy atom. The molecule has 0 aliphatic rings. The van der Waals surface area contributed by atoms with E-state index in [1.165, 1.54) is 23.3 Å². The molecule has 0 saturated heterocycles. The van der Waals surface area contributed by atoms with Crippen molar-refractivity contribution >= 4 is 44.8 Å². The highest BCUT2D eigenvalue weighted by molar-refractivity contribution is 7.89. The van der Waals surface area contributed by atoms with Gasteiger partial charge in [-0.2, -0.15) is 0 Å². The van der Waals surface area contributed by atoms with E-state index in [9.17, 15) is 8.42 Å². The summed E-state index contributed by atoms with van der Waals surface area (Å²) in [5.41, 5.74) is 2.62. The van der Waals surface area contributed by atoms with E-state index in [-0.39, 0.29) is 37.3 Å². The van der Waals surface area contributed by atoms with E-state index in [0.29, 0.717) is 19.4 Å². The molecular formula is C26H36Cl3NO3S. The quantitative estimate of drug-likeness (QED) is 0.215. The van der Waals surface area contributed by atoms with Gasteiger partial charge in [0.25, 0.3) is 0 Å². The molecule has 0 saturated carbocycles.